The normalized spacial score (nSPS) is 17.0. The van der Waals surface area contributed by atoms with Gasteiger partial charge in [-0.1, -0.05) is 18.2 Å². The lowest BCUT2D eigenvalue weighted by Gasteiger charge is -2.23. The van der Waals surface area contributed by atoms with Crippen LogP contribution in [0.2, 0.25) is 0 Å². The summed E-state index contributed by atoms with van der Waals surface area (Å²) >= 11 is 1.60. The molecule has 5 heteroatoms. The molecule has 1 amide bonds. The molecular formula is C16H15NO3S. The van der Waals surface area contributed by atoms with Gasteiger partial charge in [0.05, 0.1) is 12.1 Å². The number of benzene rings is 1. The summed E-state index contributed by atoms with van der Waals surface area (Å²) in [7, 11) is 0. The molecule has 0 unspecified atom stereocenters. The van der Waals surface area contributed by atoms with Gasteiger partial charge in [0.25, 0.3) is 5.91 Å². The van der Waals surface area contributed by atoms with Crippen LogP contribution >= 0.6 is 11.3 Å². The Morgan fingerprint density at radius 2 is 2.19 bits per heavy atom. The molecule has 1 aromatic carbocycles. The Morgan fingerprint density at radius 3 is 2.95 bits per heavy atom. The SMILES string of the molecule is Cc1ccsc1CNC(=O)[C@@H]1Cc2ccccc2C(=O)O1. The van der Waals surface area contributed by atoms with Crippen LogP contribution in [0.1, 0.15) is 26.4 Å². The predicted octanol–water partition coefficient (Wildman–Crippen LogP) is 2.45. The molecular weight excluding hydrogens is 286 g/mol. The quantitative estimate of drug-likeness (QED) is 0.886. The molecule has 0 spiro atoms. The smallest absolute Gasteiger partial charge is 0.339 e. The molecule has 0 bridgehead atoms. The minimum atomic E-state index is -0.743. The first-order valence-electron chi connectivity index (χ1n) is 6.74. The van der Waals surface area contributed by atoms with E-state index in [9.17, 15) is 9.59 Å². The van der Waals surface area contributed by atoms with Crippen LogP contribution in [-0.2, 0) is 22.5 Å². The van der Waals surface area contributed by atoms with Gasteiger partial charge in [0.15, 0.2) is 6.10 Å². The molecule has 1 aromatic heterocycles. The highest BCUT2D eigenvalue weighted by molar-refractivity contribution is 7.10. The van der Waals surface area contributed by atoms with E-state index in [0.717, 1.165) is 16.0 Å². The van der Waals surface area contributed by atoms with E-state index in [1.807, 2.05) is 30.5 Å². The Labute approximate surface area is 126 Å². The second-order valence-electron chi connectivity index (χ2n) is 5.00. The van der Waals surface area contributed by atoms with Gasteiger partial charge in [-0.25, -0.2) is 4.79 Å². The van der Waals surface area contributed by atoms with E-state index in [1.165, 1.54) is 0 Å². The van der Waals surface area contributed by atoms with E-state index in [0.29, 0.717) is 18.5 Å². The Kier molecular flexibility index (Phi) is 3.75. The van der Waals surface area contributed by atoms with Gasteiger partial charge in [-0.2, -0.15) is 0 Å². The van der Waals surface area contributed by atoms with Crippen molar-refractivity contribution in [1.82, 2.24) is 5.32 Å². The van der Waals surface area contributed by atoms with Crippen LogP contribution < -0.4 is 5.32 Å². The fourth-order valence-corrected chi connectivity index (χ4v) is 3.19. The number of nitrogens with one attached hydrogen (secondary N) is 1. The van der Waals surface area contributed by atoms with Crippen molar-refractivity contribution in [3.63, 3.8) is 0 Å². The third-order valence-corrected chi connectivity index (χ3v) is 4.60. The molecule has 1 atom stereocenters. The maximum Gasteiger partial charge on any atom is 0.339 e. The van der Waals surface area contributed by atoms with Crippen LogP contribution in [0, 0.1) is 6.92 Å². The summed E-state index contributed by atoms with van der Waals surface area (Å²) in [6.07, 6.45) is -0.315. The minimum absolute atomic E-state index is 0.245. The van der Waals surface area contributed by atoms with Crippen LogP contribution in [-0.4, -0.2) is 18.0 Å². The van der Waals surface area contributed by atoms with Gasteiger partial charge in [0.1, 0.15) is 0 Å². The van der Waals surface area contributed by atoms with Crippen molar-refractivity contribution in [2.45, 2.75) is 26.0 Å². The van der Waals surface area contributed by atoms with Gasteiger partial charge in [-0.05, 0) is 35.6 Å². The first-order chi connectivity index (χ1) is 10.1. The van der Waals surface area contributed by atoms with E-state index in [4.69, 9.17) is 4.74 Å². The van der Waals surface area contributed by atoms with Crippen molar-refractivity contribution < 1.29 is 14.3 Å². The Bertz CT molecular complexity index is 692. The third-order valence-electron chi connectivity index (χ3n) is 3.58. The van der Waals surface area contributed by atoms with Crippen molar-refractivity contribution in [2.75, 3.05) is 0 Å². The average molecular weight is 301 g/mol. The molecule has 0 saturated heterocycles. The molecule has 2 heterocycles. The zero-order valence-electron chi connectivity index (χ0n) is 11.6. The van der Waals surface area contributed by atoms with Crippen molar-refractivity contribution >= 4 is 23.2 Å². The number of thiophene rings is 1. The largest absolute Gasteiger partial charge is 0.448 e. The first kappa shape index (κ1) is 13.8. The van der Waals surface area contributed by atoms with E-state index in [1.54, 1.807) is 23.5 Å². The van der Waals surface area contributed by atoms with Crippen LogP contribution in [0.5, 0.6) is 0 Å². The Hall–Kier alpha value is -2.14. The Balaban J connectivity index is 1.67. The number of amides is 1. The number of fused-ring (bicyclic) bond motifs is 1. The molecule has 21 heavy (non-hydrogen) atoms. The van der Waals surface area contributed by atoms with Crippen molar-refractivity contribution in [2.24, 2.45) is 0 Å². The summed E-state index contributed by atoms with van der Waals surface area (Å²) < 4.78 is 5.23. The molecule has 0 radical (unpaired) electrons. The average Bonchev–Trinajstić information content (AvgIpc) is 2.90. The summed E-state index contributed by atoms with van der Waals surface area (Å²) in [6.45, 7) is 2.48. The second kappa shape index (κ2) is 5.69. The number of rotatable bonds is 3. The molecule has 1 N–H and O–H groups in total. The predicted molar refractivity (Wildman–Crippen MR) is 80.3 cm³/mol. The van der Waals surface area contributed by atoms with E-state index < -0.39 is 12.1 Å². The number of hydrogen-bond donors (Lipinski definition) is 1. The fourth-order valence-electron chi connectivity index (χ4n) is 2.34. The lowest BCUT2D eigenvalue weighted by molar-refractivity contribution is -0.130. The van der Waals surface area contributed by atoms with Gasteiger partial charge in [0, 0.05) is 11.3 Å². The van der Waals surface area contributed by atoms with Crippen molar-refractivity contribution in [3.8, 4) is 0 Å². The highest BCUT2D eigenvalue weighted by Crippen LogP contribution is 2.21. The van der Waals surface area contributed by atoms with E-state index >= 15 is 0 Å². The number of cyclic esters (lactones) is 1. The standard InChI is InChI=1S/C16H15NO3S/c1-10-6-7-21-14(10)9-17-15(18)13-8-11-4-2-3-5-12(11)16(19)20-13/h2-7,13H,8-9H2,1H3,(H,17,18)/t13-/m0/s1. The monoisotopic (exact) mass is 301 g/mol. The number of carbonyl (C=O) groups excluding carboxylic acids is 2. The molecule has 3 rings (SSSR count). The summed E-state index contributed by atoms with van der Waals surface area (Å²) in [5.41, 5.74) is 2.57. The second-order valence-corrected chi connectivity index (χ2v) is 6.00. The van der Waals surface area contributed by atoms with Crippen molar-refractivity contribution in [3.05, 3.63) is 57.3 Å². The van der Waals surface area contributed by atoms with Gasteiger partial charge >= 0.3 is 5.97 Å². The molecule has 108 valence electrons. The third kappa shape index (κ3) is 2.83. The van der Waals surface area contributed by atoms with Gasteiger partial charge < -0.3 is 10.1 Å². The van der Waals surface area contributed by atoms with Crippen LogP contribution in [0.4, 0.5) is 0 Å². The van der Waals surface area contributed by atoms with E-state index in [2.05, 4.69) is 5.32 Å². The molecule has 0 aliphatic carbocycles. The summed E-state index contributed by atoms with van der Waals surface area (Å²) in [4.78, 5) is 25.2. The highest BCUT2D eigenvalue weighted by atomic mass is 32.1. The number of ether oxygens (including phenoxy) is 1. The highest BCUT2D eigenvalue weighted by Gasteiger charge is 2.30. The molecule has 0 saturated carbocycles. The zero-order valence-corrected chi connectivity index (χ0v) is 12.4. The maximum absolute atomic E-state index is 12.2. The van der Waals surface area contributed by atoms with Crippen LogP contribution in [0.25, 0.3) is 0 Å². The minimum Gasteiger partial charge on any atom is -0.448 e. The molecule has 1 aliphatic rings. The summed E-state index contributed by atoms with van der Waals surface area (Å²) in [6, 6.07) is 9.25. The maximum atomic E-state index is 12.2. The van der Waals surface area contributed by atoms with E-state index in [-0.39, 0.29) is 5.91 Å². The molecule has 1 aliphatic heterocycles. The summed E-state index contributed by atoms with van der Waals surface area (Å²) in [5, 5.41) is 4.83. The number of hydrogen-bond acceptors (Lipinski definition) is 4. The van der Waals surface area contributed by atoms with Crippen LogP contribution in [0.15, 0.2) is 35.7 Å². The number of esters is 1. The fraction of sp³-hybridized carbons (Fsp3) is 0.250. The lowest BCUT2D eigenvalue weighted by Crippen LogP contribution is -2.41. The van der Waals surface area contributed by atoms with Crippen LogP contribution in [0.3, 0.4) is 0 Å². The molecule has 0 fully saturated rings. The Morgan fingerprint density at radius 1 is 1.38 bits per heavy atom. The van der Waals surface area contributed by atoms with Gasteiger partial charge in [0.2, 0.25) is 0 Å². The molecule has 2 aromatic rings. The number of carbonyl (C=O) groups is 2. The first-order valence-corrected chi connectivity index (χ1v) is 7.62. The summed E-state index contributed by atoms with van der Waals surface area (Å²) in [5.74, 6) is -0.671. The molecule has 4 nitrogen and oxygen atoms in total. The van der Waals surface area contributed by atoms with Crippen molar-refractivity contribution in [1.29, 1.82) is 0 Å². The number of aryl methyl sites for hydroxylation is 1. The lowest BCUT2D eigenvalue weighted by atomic mass is 9.98. The van der Waals surface area contributed by atoms with Gasteiger partial charge in [-0.3, -0.25) is 4.79 Å². The zero-order chi connectivity index (χ0) is 14.8. The van der Waals surface area contributed by atoms with Gasteiger partial charge in [-0.15, -0.1) is 11.3 Å². The topological polar surface area (TPSA) is 55.4 Å².